The minimum atomic E-state index is 0.934. The Labute approximate surface area is 123 Å². The first kappa shape index (κ1) is 12.1. The molecular weight excluding hydrogens is 260 g/mol. The summed E-state index contributed by atoms with van der Waals surface area (Å²) in [5.41, 5.74) is 5.49. The molecule has 1 aliphatic heterocycles. The van der Waals surface area contributed by atoms with Crippen LogP contribution in [0.5, 0.6) is 0 Å². The average molecular weight is 276 g/mol. The van der Waals surface area contributed by atoms with E-state index in [0.717, 1.165) is 35.9 Å². The number of hydrogen-bond acceptors (Lipinski definition) is 3. The minimum absolute atomic E-state index is 0.934. The normalized spacial score (nSPS) is 13.0. The largest absolute Gasteiger partial charge is 0.369 e. The van der Waals surface area contributed by atoms with E-state index in [2.05, 4.69) is 41.5 Å². The Morgan fingerprint density at radius 3 is 2.90 bits per heavy atom. The Hall–Kier alpha value is -2.62. The average Bonchev–Trinajstić information content (AvgIpc) is 3.10. The van der Waals surface area contributed by atoms with Crippen molar-refractivity contribution in [2.24, 2.45) is 0 Å². The molecule has 0 bridgehead atoms. The monoisotopic (exact) mass is 276 g/mol. The summed E-state index contributed by atoms with van der Waals surface area (Å²) in [6.45, 7) is 3.05. The molecular formula is C17H16N4. The molecule has 104 valence electrons. The number of fused-ring (bicyclic) bond motifs is 1. The van der Waals surface area contributed by atoms with Crippen molar-refractivity contribution in [3.8, 4) is 17.1 Å². The van der Waals surface area contributed by atoms with Crippen LogP contribution in [0.25, 0.3) is 17.1 Å². The summed E-state index contributed by atoms with van der Waals surface area (Å²) in [6.07, 6.45) is 2.81. The summed E-state index contributed by atoms with van der Waals surface area (Å²) < 4.78 is 2.00. The van der Waals surface area contributed by atoms with E-state index in [9.17, 15) is 0 Å². The molecule has 0 saturated heterocycles. The van der Waals surface area contributed by atoms with Gasteiger partial charge in [-0.2, -0.15) is 5.10 Å². The van der Waals surface area contributed by atoms with E-state index in [1.54, 1.807) is 0 Å². The summed E-state index contributed by atoms with van der Waals surface area (Å²) in [6, 6.07) is 14.3. The summed E-state index contributed by atoms with van der Waals surface area (Å²) in [5, 5.41) is 8.25. The maximum absolute atomic E-state index is 4.81. The van der Waals surface area contributed by atoms with E-state index in [0.29, 0.717) is 0 Å². The Morgan fingerprint density at radius 1 is 1.14 bits per heavy atom. The molecule has 3 heterocycles. The van der Waals surface area contributed by atoms with Gasteiger partial charge in [-0.1, -0.05) is 18.2 Å². The lowest BCUT2D eigenvalue weighted by molar-refractivity contribution is 0.879. The fraction of sp³-hybridized carbons (Fsp3) is 0.176. The van der Waals surface area contributed by atoms with Crippen LogP contribution in [0.1, 0.15) is 11.1 Å². The fourth-order valence-electron chi connectivity index (χ4n) is 2.83. The molecule has 4 rings (SSSR count). The van der Waals surface area contributed by atoms with Crippen molar-refractivity contribution in [1.82, 2.24) is 14.8 Å². The molecule has 1 N–H and O–H groups in total. The highest BCUT2D eigenvalue weighted by molar-refractivity contribution is 5.70. The van der Waals surface area contributed by atoms with Gasteiger partial charge in [-0.3, -0.25) is 4.98 Å². The van der Waals surface area contributed by atoms with Gasteiger partial charge in [0.15, 0.2) is 0 Å². The smallest absolute Gasteiger partial charge is 0.133 e. The van der Waals surface area contributed by atoms with Crippen LogP contribution in [-0.4, -0.2) is 21.3 Å². The Balaban J connectivity index is 1.91. The summed E-state index contributed by atoms with van der Waals surface area (Å²) in [4.78, 5) is 4.45. The van der Waals surface area contributed by atoms with Crippen molar-refractivity contribution in [2.75, 3.05) is 11.9 Å². The second kappa shape index (κ2) is 4.74. The van der Waals surface area contributed by atoms with Crippen LogP contribution in [0.2, 0.25) is 0 Å². The van der Waals surface area contributed by atoms with Crippen LogP contribution in [0.3, 0.4) is 0 Å². The van der Waals surface area contributed by atoms with Gasteiger partial charge in [-0.05, 0) is 43.2 Å². The lowest BCUT2D eigenvalue weighted by Crippen LogP contribution is -2.04. The minimum Gasteiger partial charge on any atom is -0.369 e. The van der Waals surface area contributed by atoms with Crippen molar-refractivity contribution in [3.63, 3.8) is 0 Å². The second-order valence-corrected chi connectivity index (χ2v) is 5.32. The van der Waals surface area contributed by atoms with E-state index in [1.807, 2.05) is 29.1 Å². The van der Waals surface area contributed by atoms with E-state index in [4.69, 9.17) is 5.10 Å². The highest BCUT2D eigenvalue weighted by Gasteiger charge is 2.24. The van der Waals surface area contributed by atoms with E-state index in [1.165, 1.54) is 11.1 Å². The number of rotatable bonds is 2. The Morgan fingerprint density at radius 2 is 2.10 bits per heavy atom. The number of benzene rings is 1. The first-order valence-electron chi connectivity index (χ1n) is 7.17. The van der Waals surface area contributed by atoms with Gasteiger partial charge in [0, 0.05) is 18.3 Å². The fourth-order valence-corrected chi connectivity index (χ4v) is 2.83. The third-order valence-electron chi connectivity index (χ3n) is 3.80. The van der Waals surface area contributed by atoms with Gasteiger partial charge in [-0.15, -0.1) is 0 Å². The third kappa shape index (κ3) is 2.00. The van der Waals surface area contributed by atoms with E-state index < -0.39 is 0 Å². The van der Waals surface area contributed by atoms with Gasteiger partial charge in [0.25, 0.3) is 0 Å². The molecule has 0 spiro atoms. The highest BCUT2D eigenvalue weighted by atomic mass is 15.3. The predicted octanol–water partition coefficient (Wildman–Crippen LogP) is 3.21. The number of pyridine rings is 1. The Kier molecular flexibility index (Phi) is 2.74. The lowest BCUT2D eigenvalue weighted by atomic mass is 10.1. The van der Waals surface area contributed by atoms with Crippen LogP contribution in [-0.2, 0) is 6.42 Å². The molecule has 1 aliphatic rings. The predicted molar refractivity (Wildman–Crippen MR) is 83.7 cm³/mol. The number of nitrogens with zero attached hydrogens (tertiary/aromatic N) is 3. The zero-order chi connectivity index (χ0) is 14.2. The second-order valence-electron chi connectivity index (χ2n) is 5.32. The molecule has 1 aromatic carbocycles. The molecule has 21 heavy (non-hydrogen) atoms. The van der Waals surface area contributed by atoms with Crippen molar-refractivity contribution in [2.45, 2.75) is 13.3 Å². The zero-order valence-electron chi connectivity index (χ0n) is 11.9. The van der Waals surface area contributed by atoms with Gasteiger partial charge in [-0.25, -0.2) is 4.68 Å². The Bertz CT molecular complexity index is 790. The van der Waals surface area contributed by atoms with Crippen molar-refractivity contribution >= 4 is 5.82 Å². The van der Waals surface area contributed by atoms with Crippen LogP contribution >= 0.6 is 0 Å². The number of aryl methyl sites for hydroxylation is 1. The first-order valence-corrected chi connectivity index (χ1v) is 7.17. The van der Waals surface area contributed by atoms with Crippen LogP contribution in [0.4, 0.5) is 5.82 Å². The SMILES string of the molecule is Cc1cccc(-n2nc(-c3ccccn3)c3c2NCC3)c1. The van der Waals surface area contributed by atoms with Crippen LogP contribution in [0, 0.1) is 6.92 Å². The third-order valence-corrected chi connectivity index (χ3v) is 3.80. The molecule has 4 heteroatoms. The molecule has 0 amide bonds. The van der Waals surface area contributed by atoms with Gasteiger partial charge < -0.3 is 5.32 Å². The van der Waals surface area contributed by atoms with E-state index in [-0.39, 0.29) is 0 Å². The lowest BCUT2D eigenvalue weighted by Gasteiger charge is -2.07. The number of aromatic nitrogens is 3. The first-order chi connectivity index (χ1) is 10.3. The molecule has 4 nitrogen and oxygen atoms in total. The van der Waals surface area contributed by atoms with E-state index >= 15 is 0 Å². The standard InChI is InChI=1S/C17H16N4/c1-12-5-4-6-13(11-12)21-17-14(8-10-19-17)16(20-21)15-7-2-3-9-18-15/h2-7,9,11,19H,8,10H2,1H3. The summed E-state index contributed by atoms with van der Waals surface area (Å²) in [7, 11) is 0. The zero-order valence-corrected chi connectivity index (χ0v) is 11.9. The van der Waals surface area contributed by atoms with Gasteiger partial charge in [0.1, 0.15) is 11.5 Å². The molecule has 0 fully saturated rings. The molecule has 0 atom stereocenters. The molecule has 0 radical (unpaired) electrons. The number of hydrogen-bond donors (Lipinski definition) is 1. The van der Waals surface area contributed by atoms with Crippen LogP contribution < -0.4 is 5.32 Å². The van der Waals surface area contributed by atoms with Crippen molar-refractivity contribution in [1.29, 1.82) is 0 Å². The number of anilines is 1. The van der Waals surface area contributed by atoms with Gasteiger partial charge in [0.05, 0.1) is 11.4 Å². The van der Waals surface area contributed by atoms with Crippen molar-refractivity contribution < 1.29 is 0 Å². The molecule has 3 aromatic rings. The molecule has 0 aliphatic carbocycles. The number of nitrogens with one attached hydrogen (secondary N) is 1. The highest BCUT2D eigenvalue weighted by Crippen LogP contribution is 2.33. The molecule has 2 aromatic heterocycles. The summed E-state index contributed by atoms with van der Waals surface area (Å²) >= 11 is 0. The maximum atomic E-state index is 4.81. The molecule has 0 unspecified atom stereocenters. The molecule has 0 saturated carbocycles. The van der Waals surface area contributed by atoms with Gasteiger partial charge in [0.2, 0.25) is 0 Å². The quantitative estimate of drug-likeness (QED) is 0.781. The topological polar surface area (TPSA) is 42.7 Å². The van der Waals surface area contributed by atoms with Gasteiger partial charge >= 0.3 is 0 Å². The summed E-state index contributed by atoms with van der Waals surface area (Å²) in [5.74, 6) is 1.10. The maximum Gasteiger partial charge on any atom is 0.133 e. The van der Waals surface area contributed by atoms with Crippen molar-refractivity contribution in [3.05, 3.63) is 59.8 Å². The van der Waals surface area contributed by atoms with Crippen LogP contribution in [0.15, 0.2) is 48.7 Å².